The van der Waals surface area contributed by atoms with Gasteiger partial charge >= 0.3 is 5.97 Å². The minimum Gasteiger partial charge on any atom is -0.476 e. The van der Waals surface area contributed by atoms with Crippen molar-refractivity contribution in [3.05, 3.63) is 57.8 Å². The van der Waals surface area contributed by atoms with Crippen molar-refractivity contribution >= 4 is 33.5 Å². The van der Waals surface area contributed by atoms with Crippen LogP contribution in [0.1, 0.15) is 26.4 Å². The first-order valence-electron chi connectivity index (χ1n) is 5.75. The Morgan fingerprint density at radius 1 is 1.30 bits per heavy atom. The minimum atomic E-state index is -1.19. The molecular weight excluding hydrogens is 324 g/mol. The summed E-state index contributed by atoms with van der Waals surface area (Å²) >= 11 is 3.32. The van der Waals surface area contributed by atoms with Gasteiger partial charge in [0.25, 0.3) is 5.91 Å². The topological polar surface area (TPSA) is 79.3 Å². The lowest BCUT2D eigenvalue weighted by Crippen LogP contribution is -2.16. The average molecular weight is 335 g/mol. The van der Waals surface area contributed by atoms with Crippen LogP contribution in [0.5, 0.6) is 0 Å². The van der Waals surface area contributed by atoms with E-state index in [1.165, 1.54) is 12.3 Å². The smallest absolute Gasteiger partial charge is 0.356 e. The van der Waals surface area contributed by atoms with Gasteiger partial charge in [0.15, 0.2) is 5.69 Å². The summed E-state index contributed by atoms with van der Waals surface area (Å²) < 4.78 is 0.649. The molecule has 0 bridgehead atoms. The van der Waals surface area contributed by atoms with Crippen molar-refractivity contribution in [1.29, 1.82) is 0 Å². The molecule has 1 aromatic carbocycles. The molecule has 0 aliphatic carbocycles. The van der Waals surface area contributed by atoms with Crippen LogP contribution >= 0.6 is 15.9 Å². The largest absolute Gasteiger partial charge is 0.476 e. The average Bonchev–Trinajstić information content (AvgIpc) is 2.38. The van der Waals surface area contributed by atoms with Crippen LogP contribution in [0, 0.1) is 6.92 Å². The molecule has 5 nitrogen and oxygen atoms in total. The van der Waals surface area contributed by atoms with Crippen molar-refractivity contribution in [3.8, 4) is 0 Å². The van der Waals surface area contributed by atoms with Crippen molar-refractivity contribution in [3.63, 3.8) is 0 Å². The van der Waals surface area contributed by atoms with Gasteiger partial charge in [-0.25, -0.2) is 9.78 Å². The van der Waals surface area contributed by atoms with E-state index in [1.807, 2.05) is 13.0 Å². The number of carbonyl (C=O) groups excluding carboxylic acids is 1. The summed E-state index contributed by atoms with van der Waals surface area (Å²) in [7, 11) is 0. The number of aromatic carboxylic acids is 1. The van der Waals surface area contributed by atoms with Crippen LogP contribution in [0.15, 0.2) is 41.0 Å². The maximum absolute atomic E-state index is 12.2. The lowest BCUT2D eigenvalue weighted by molar-refractivity contribution is 0.0692. The van der Waals surface area contributed by atoms with Gasteiger partial charge in [0.2, 0.25) is 0 Å². The van der Waals surface area contributed by atoms with E-state index in [4.69, 9.17) is 5.11 Å². The van der Waals surface area contributed by atoms with Gasteiger partial charge in [-0.1, -0.05) is 6.07 Å². The van der Waals surface area contributed by atoms with Gasteiger partial charge in [0.1, 0.15) is 0 Å². The number of benzene rings is 1. The molecule has 0 fully saturated rings. The highest BCUT2D eigenvalue weighted by Crippen LogP contribution is 2.20. The zero-order valence-electron chi connectivity index (χ0n) is 10.6. The van der Waals surface area contributed by atoms with Crippen molar-refractivity contribution in [2.75, 3.05) is 5.32 Å². The van der Waals surface area contributed by atoms with Crippen LogP contribution in [0.2, 0.25) is 0 Å². The fourth-order valence-corrected chi connectivity index (χ4v) is 2.34. The molecule has 1 heterocycles. The number of amides is 1. The normalized spacial score (nSPS) is 10.1. The van der Waals surface area contributed by atoms with Crippen molar-refractivity contribution in [2.45, 2.75) is 6.92 Å². The molecule has 2 N–H and O–H groups in total. The second-order valence-electron chi connectivity index (χ2n) is 4.14. The number of aromatic nitrogens is 1. The number of nitrogens with zero attached hydrogens (tertiary/aromatic N) is 1. The van der Waals surface area contributed by atoms with Crippen LogP contribution in [-0.2, 0) is 0 Å². The second-order valence-corrected chi connectivity index (χ2v) is 5.00. The van der Waals surface area contributed by atoms with E-state index in [0.717, 1.165) is 5.56 Å². The number of hydrogen-bond donors (Lipinski definition) is 2. The fraction of sp³-hybridized carbons (Fsp3) is 0.0714. The van der Waals surface area contributed by atoms with Gasteiger partial charge in [-0.15, -0.1) is 0 Å². The Bertz CT molecular complexity index is 686. The Morgan fingerprint density at radius 3 is 2.70 bits per heavy atom. The van der Waals surface area contributed by atoms with Crippen LogP contribution < -0.4 is 5.32 Å². The van der Waals surface area contributed by atoms with Gasteiger partial charge in [0, 0.05) is 10.7 Å². The molecule has 0 unspecified atom stereocenters. The number of nitrogens with one attached hydrogen (secondary N) is 1. The van der Waals surface area contributed by atoms with Crippen molar-refractivity contribution < 1.29 is 14.7 Å². The molecule has 0 radical (unpaired) electrons. The highest BCUT2D eigenvalue weighted by Gasteiger charge is 2.15. The minimum absolute atomic E-state index is 0.164. The Labute approximate surface area is 123 Å². The molecule has 2 rings (SSSR count). The van der Waals surface area contributed by atoms with Crippen LogP contribution in [-0.4, -0.2) is 22.0 Å². The molecule has 1 aromatic heterocycles. The first kappa shape index (κ1) is 14.2. The summed E-state index contributed by atoms with van der Waals surface area (Å²) in [4.78, 5) is 26.9. The molecule has 102 valence electrons. The summed E-state index contributed by atoms with van der Waals surface area (Å²) in [5.41, 5.74) is 1.42. The molecule has 20 heavy (non-hydrogen) atoms. The number of carboxylic acid groups (broad SMARTS) is 1. The molecule has 0 aliphatic heterocycles. The summed E-state index contributed by atoms with van der Waals surface area (Å²) in [6.45, 7) is 1.91. The standard InChI is InChI=1S/C14H11BrN2O3/c1-8-4-5-9(10(15)7-8)13(18)17-11-3-2-6-16-12(11)14(19)20/h2-7H,1H3,(H,17,18)(H,19,20). The SMILES string of the molecule is Cc1ccc(C(=O)Nc2cccnc2C(=O)O)c(Br)c1. The third-order valence-electron chi connectivity index (χ3n) is 2.63. The van der Waals surface area contributed by atoms with Crippen LogP contribution in [0.25, 0.3) is 0 Å². The van der Waals surface area contributed by atoms with E-state index in [2.05, 4.69) is 26.2 Å². The summed E-state index contributed by atoms with van der Waals surface area (Å²) in [6, 6.07) is 8.35. The Kier molecular flexibility index (Phi) is 4.14. The third-order valence-corrected chi connectivity index (χ3v) is 3.28. The fourth-order valence-electron chi connectivity index (χ4n) is 1.67. The molecule has 0 spiro atoms. The van der Waals surface area contributed by atoms with E-state index in [0.29, 0.717) is 10.0 Å². The lowest BCUT2D eigenvalue weighted by atomic mass is 10.1. The number of carbonyl (C=O) groups is 2. The zero-order valence-corrected chi connectivity index (χ0v) is 12.1. The van der Waals surface area contributed by atoms with Crippen LogP contribution in [0.4, 0.5) is 5.69 Å². The van der Waals surface area contributed by atoms with Crippen LogP contribution in [0.3, 0.4) is 0 Å². The molecule has 1 amide bonds. The van der Waals surface area contributed by atoms with Gasteiger partial charge in [-0.2, -0.15) is 0 Å². The molecule has 6 heteroatoms. The van der Waals surface area contributed by atoms with E-state index in [1.54, 1.807) is 18.2 Å². The molecule has 0 saturated heterocycles. The Balaban J connectivity index is 2.30. The number of halogens is 1. The highest BCUT2D eigenvalue weighted by molar-refractivity contribution is 9.10. The number of rotatable bonds is 3. The van der Waals surface area contributed by atoms with Gasteiger partial charge in [0.05, 0.1) is 11.3 Å². The monoisotopic (exact) mass is 334 g/mol. The number of carboxylic acids is 1. The quantitative estimate of drug-likeness (QED) is 0.903. The predicted molar refractivity (Wildman–Crippen MR) is 78.0 cm³/mol. The van der Waals surface area contributed by atoms with E-state index in [9.17, 15) is 9.59 Å². The number of hydrogen-bond acceptors (Lipinski definition) is 3. The number of aryl methyl sites for hydroxylation is 1. The molecule has 0 atom stereocenters. The molecule has 2 aromatic rings. The van der Waals surface area contributed by atoms with E-state index in [-0.39, 0.29) is 11.4 Å². The Hall–Kier alpha value is -2.21. The van der Waals surface area contributed by atoms with Gasteiger partial charge in [-0.05, 0) is 52.7 Å². The Morgan fingerprint density at radius 2 is 2.05 bits per heavy atom. The molecular formula is C14H11BrN2O3. The third kappa shape index (κ3) is 3.03. The van der Waals surface area contributed by atoms with E-state index >= 15 is 0 Å². The summed E-state index contributed by atoms with van der Waals surface area (Å²) in [5, 5.41) is 11.6. The summed E-state index contributed by atoms with van der Waals surface area (Å²) in [5.74, 6) is -1.59. The van der Waals surface area contributed by atoms with Gasteiger partial charge < -0.3 is 10.4 Å². The number of anilines is 1. The number of pyridine rings is 1. The second kappa shape index (κ2) is 5.83. The van der Waals surface area contributed by atoms with E-state index < -0.39 is 11.9 Å². The lowest BCUT2D eigenvalue weighted by Gasteiger charge is -2.09. The summed E-state index contributed by atoms with van der Waals surface area (Å²) in [6.07, 6.45) is 1.36. The first-order chi connectivity index (χ1) is 9.49. The maximum atomic E-state index is 12.2. The highest BCUT2D eigenvalue weighted by atomic mass is 79.9. The van der Waals surface area contributed by atoms with Crippen molar-refractivity contribution in [2.24, 2.45) is 0 Å². The predicted octanol–water partition coefficient (Wildman–Crippen LogP) is 3.10. The van der Waals surface area contributed by atoms with Crippen molar-refractivity contribution in [1.82, 2.24) is 4.98 Å². The van der Waals surface area contributed by atoms with Gasteiger partial charge in [-0.3, -0.25) is 4.79 Å². The zero-order chi connectivity index (χ0) is 14.7. The molecule has 0 saturated carbocycles. The molecule has 0 aliphatic rings. The maximum Gasteiger partial charge on any atom is 0.356 e. The first-order valence-corrected chi connectivity index (χ1v) is 6.54.